The summed E-state index contributed by atoms with van der Waals surface area (Å²) in [6, 6.07) is 23.7. The van der Waals surface area contributed by atoms with Gasteiger partial charge >= 0.3 is 0 Å². The van der Waals surface area contributed by atoms with Crippen molar-refractivity contribution in [3.05, 3.63) is 128 Å². The number of carbonyl (C=O) groups is 2. The average molecular weight is 733 g/mol. The number of nitro benzene ring substituents is 1. The predicted octanol–water partition coefficient (Wildman–Crippen LogP) is 6.77. The van der Waals surface area contributed by atoms with Crippen LogP contribution in [0.4, 0.5) is 11.4 Å². The number of hydrogen-bond acceptors (Lipinski definition) is 7. The minimum absolute atomic E-state index is 0.00523. The lowest BCUT2D eigenvalue weighted by molar-refractivity contribution is -0.385. The largest absolute Gasteiger partial charge is 0.495 e. The van der Waals surface area contributed by atoms with E-state index in [9.17, 15) is 28.1 Å². The molecule has 5 rings (SSSR count). The Kier molecular flexibility index (Phi) is 12.0. The summed E-state index contributed by atoms with van der Waals surface area (Å²) in [4.78, 5) is 41.2. The molecule has 0 spiro atoms. The average Bonchev–Trinajstić information content (AvgIpc) is 3.62. The van der Waals surface area contributed by atoms with Gasteiger partial charge in [-0.1, -0.05) is 90.7 Å². The summed E-state index contributed by atoms with van der Waals surface area (Å²) in [6.45, 7) is 2.68. The Morgan fingerprint density at radius 3 is 2.29 bits per heavy atom. The number of nitrogens with one attached hydrogen (secondary N) is 1. The monoisotopic (exact) mass is 732 g/mol. The van der Waals surface area contributed by atoms with E-state index in [0.29, 0.717) is 0 Å². The second kappa shape index (κ2) is 16.4. The van der Waals surface area contributed by atoms with Crippen molar-refractivity contribution >= 4 is 44.8 Å². The Bertz CT molecular complexity index is 1990. The third-order valence-corrected chi connectivity index (χ3v) is 11.1. The van der Waals surface area contributed by atoms with Gasteiger partial charge in [-0.25, -0.2) is 8.42 Å². The van der Waals surface area contributed by atoms with Crippen molar-refractivity contribution in [1.82, 2.24) is 10.2 Å². The van der Waals surface area contributed by atoms with Crippen LogP contribution in [-0.2, 0) is 32.6 Å². The minimum Gasteiger partial charge on any atom is -0.495 e. The molecule has 2 amide bonds. The van der Waals surface area contributed by atoms with E-state index in [1.165, 1.54) is 49.3 Å². The van der Waals surface area contributed by atoms with Crippen molar-refractivity contribution in [2.45, 2.75) is 69.5 Å². The first-order valence-corrected chi connectivity index (χ1v) is 18.5. The van der Waals surface area contributed by atoms with Gasteiger partial charge in [-0.05, 0) is 62.1 Å². The molecule has 1 saturated carbocycles. The van der Waals surface area contributed by atoms with Crippen molar-refractivity contribution in [2.75, 3.05) is 18.0 Å². The molecule has 13 heteroatoms. The van der Waals surface area contributed by atoms with E-state index in [4.69, 9.17) is 16.3 Å². The minimum atomic E-state index is -4.66. The first-order valence-electron chi connectivity index (χ1n) is 16.7. The highest BCUT2D eigenvalue weighted by atomic mass is 35.5. The Labute approximate surface area is 303 Å². The molecule has 1 atom stereocenters. The molecule has 0 saturated heterocycles. The van der Waals surface area contributed by atoms with Gasteiger partial charge in [-0.15, -0.1) is 0 Å². The van der Waals surface area contributed by atoms with Crippen molar-refractivity contribution < 1.29 is 27.7 Å². The summed E-state index contributed by atoms with van der Waals surface area (Å²) in [6.07, 6.45) is 3.82. The maximum Gasteiger partial charge on any atom is 0.273 e. The fraction of sp³-hybridized carbons (Fsp3) is 0.316. The normalized spacial score (nSPS) is 13.7. The van der Waals surface area contributed by atoms with Gasteiger partial charge in [0.15, 0.2) is 0 Å². The smallest absolute Gasteiger partial charge is 0.273 e. The van der Waals surface area contributed by atoms with Gasteiger partial charge < -0.3 is 15.0 Å². The first kappa shape index (κ1) is 37.3. The summed E-state index contributed by atoms with van der Waals surface area (Å²) < 4.78 is 35.4. The van der Waals surface area contributed by atoms with Crippen LogP contribution in [0, 0.1) is 24.0 Å². The second-order valence-corrected chi connectivity index (χ2v) is 15.0. The molecule has 0 aromatic heterocycles. The molecule has 11 nitrogen and oxygen atoms in total. The molecular weight excluding hydrogens is 692 g/mol. The zero-order chi connectivity index (χ0) is 36.7. The number of methoxy groups -OCH3 is 1. The van der Waals surface area contributed by atoms with Crippen LogP contribution in [0.15, 0.2) is 95.9 Å². The quantitative estimate of drug-likeness (QED) is 0.112. The molecule has 1 unspecified atom stereocenters. The molecule has 1 aliphatic carbocycles. The first-order chi connectivity index (χ1) is 24.4. The highest BCUT2D eigenvalue weighted by Crippen LogP contribution is 2.36. The van der Waals surface area contributed by atoms with Gasteiger partial charge in [0.05, 0.1) is 22.6 Å². The molecule has 4 aromatic carbocycles. The number of sulfonamides is 1. The SMILES string of the molecule is COc1ccc(Cl)cc1N(CC(=O)N(Cc1ccc(C)cc1)C(Cc1ccccc1)C(=O)NC1CCCC1)S(=O)(=O)c1ccc(C)c([N+](=O)[O-])c1. The highest BCUT2D eigenvalue weighted by Gasteiger charge is 2.37. The Morgan fingerprint density at radius 2 is 1.65 bits per heavy atom. The number of carbonyl (C=O) groups excluding carboxylic acids is 2. The third-order valence-electron chi connectivity index (χ3n) is 9.10. The van der Waals surface area contributed by atoms with E-state index in [-0.39, 0.29) is 46.9 Å². The van der Waals surface area contributed by atoms with Crippen molar-refractivity contribution in [2.24, 2.45) is 0 Å². The maximum atomic E-state index is 14.8. The highest BCUT2D eigenvalue weighted by molar-refractivity contribution is 7.92. The number of amides is 2. The number of rotatable bonds is 14. The predicted molar refractivity (Wildman–Crippen MR) is 196 cm³/mol. The van der Waals surface area contributed by atoms with Crippen molar-refractivity contribution in [1.29, 1.82) is 0 Å². The molecule has 268 valence electrons. The molecule has 0 radical (unpaired) electrons. The lowest BCUT2D eigenvalue weighted by Crippen LogP contribution is -2.54. The molecule has 0 heterocycles. The number of nitro groups is 1. The van der Waals surface area contributed by atoms with Gasteiger partial charge in [0.1, 0.15) is 18.3 Å². The van der Waals surface area contributed by atoms with Crippen LogP contribution in [0.2, 0.25) is 5.02 Å². The molecule has 1 aliphatic rings. The number of anilines is 1. The summed E-state index contributed by atoms with van der Waals surface area (Å²) in [5, 5.41) is 15.1. The number of nitrogens with zero attached hydrogens (tertiary/aromatic N) is 3. The standard InChI is InChI=1S/C38H41ClN4O7S/c1-26-13-16-29(17-14-26)24-41(35(21-28-9-5-4-6-10-28)38(45)40-31-11-7-8-12-31)37(44)25-42(34-22-30(39)18-20-36(34)50-3)51(48,49)32-19-15-27(2)33(23-32)43(46)47/h4-6,9-10,13-20,22-23,31,35H,7-8,11-12,21,24-25H2,1-3H3,(H,40,45). The Balaban J connectivity index is 1.63. The van der Waals surface area contributed by atoms with Gasteiger partial charge in [0.25, 0.3) is 15.7 Å². The Morgan fingerprint density at radius 1 is 0.961 bits per heavy atom. The van der Waals surface area contributed by atoms with Crippen LogP contribution in [0.25, 0.3) is 0 Å². The van der Waals surface area contributed by atoms with Crippen LogP contribution in [0.1, 0.15) is 47.9 Å². The third kappa shape index (κ3) is 9.05. The van der Waals surface area contributed by atoms with Crippen LogP contribution in [0.3, 0.4) is 0 Å². The van der Waals surface area contributed by atoms with E-state index in [1.807, 2.05) is 61.5 Å². The van der Waals surface area contributed by atoms with Gasteiger partial charge in [-0.3, -0.25) is 24.0 Å². The van der Waals surface area contributed by atoms with Crippen LogP contribution >= 0.6 is 11.6 Å². The summed E-state index contributed by atoms with van der Waals surface area (Å²) in [5.41, 5.74) is 2.39. The zero-order valence-corrected chi connectivity index (χ0v) is 30.3. The van der Waals surface area contributed by atoms with Gasteiger partial charge in [0.2, 0.25) is 11.8 Å². The molecule has 4 aromatic rings. The van der Waals surface area contributed by atoms with Crippen LogP contribution < -0.4 is 14.4 Å². The molecule has 1 N–H and O–H groups in total. The van der Waals surface area contributed by atoms with E-state index in [0.717, 1.165) is 52.7 Å². The molecule has 51 heavy (non-hydrogen) atoms. The van der Waals surface area contributed by atoms with E-state index >= 15 is 0 Å². The Hall–Kier alpha value is -4.94. The van der Waals surface area contributed by atoms with Gasteiger partial charge in [0, 0.05) is 35.7 Å². The van der Waals surface area contributed by atoms with E-state index in [1.54, 1.807) is 0 Å². The molecule has 1 fully saturated rings. The summed E-state index contributed by atoms with van der Waals surface area (Å²) >= 11 is 6.37. The number of halogens is 1. The number of hydrogen-bond donors (Lipinski definition) is 1. The fourth-order valence-electron chi connectivity index (χ4n) is 6.26. The van der Waals surface area contributed by atoms with E-state index < -0.39 is 44.0 Å². The van der Waals surface area contributed by atoms with Crippen LogP contribution in [-0.4, -0.2) is 55.8 Å². The number of benzene rings is 4. The summed E-state index contributed by atoms with van der Waals surface area (Å²) in [7, 11) is -3.31. The lowest BCUT2D eigenvalue weighted by Gasteiger charge is -2.34. The van der Waals surface area contributed by atoms with E-state index in [2.05, 4.69) is 5.32 Å². The summed E-state index contributed by atoms with van der Waals surface area (Å²) in [5.74, 6) is -0.914. The number of aryl methyl sites for hydroxylation is 2. The van der Waals surface area contributed by atoms with Crippen molar-refractivity contribution in [3.8, 4) is 5.75 Å². The second-order valence-electron chi connectivity index (χ2n) is 12.7. The zero-order valence-electron chi connectivity index (χ0n) is 28.8. The van der Waals surface area contributed by atoms with Crippen molar-refractivity contribution in [3.63, 3.8) is 0 Å². The molecular formula is C38H41ClN4O7S. The number of ether oxygens (including phenoxy) is 1. The topological polar surface area (TPSA) is 139 Å². The van der Waals surface area contributed by atoms with Gasteiger partial charge in [-0.2, -0.15) is 0 Å². The van der Waals surface area contributed by atoms with Crippen LogP contribution in [0.5, 0.6) is 5.75 Å². The molecule has 0 bridgehead atoms. The molecule has 0 aliphatic heterocycles. The maximum absolute atomic E-state index is 14.8. The fourth-order valence-corrected chi connectivity index (χ4v) is 7.86. The lowest BCUT2D eigenvalue weighted by atomic mass is 10.0.